The van der Waals surface area contributed by atoms with Gasteiger partial charge in [0.05, 0.1) is 18.8 Å². The van der Waals surface area contributed by atoms with E-state index >= 15 is 0 Å². The minimum absolute atomic E-state index is 0.0422. The summed E-state index contributed by atoms with van der Waals surface area (Å²) in [7, 11) is 1.53. The molecule has 0 aliphatic carbocycles. The summed E-state index contributed by atoms with van der Waals surface area (Å²) in [6, 6.07) is 7.85. The topological polar surface area (TPSA) is 87.5 Å². The first-order chi connectivity index (χ1) is 15.2. The number of hydrogen-bond acceptors (Lipinski definition) is 6. The van der Waals surface area contributed by atoms with E-state index in [4.69, 9.17) is 14.2 Å². The third kappa shape index (κ3) is 4.83. The Labute approximate surface area is 179 Å². The standard InChI is InChI=1S/C22H23FN4O4/c1-29-11-12-31-19-13-15-18(14-16(19)23)30-10-3-2-8-27-9-7-24-21(27)17-5-4-6-20(25-17)26-22(15)28/h4-7,9,13-14H,2-3,8,10-12H2,1H3,(H,25,26,28). The number of carbonyl (C=O) groups excluding carboxylic acids is 1. The molecule has 1 N–H and O–H groups in total. The van der Waals surface area contributed by atoms with Crippen molar-refractivity contribution in [3.8, 4) is 23.0 Å². The van der Waals surface area contributed by atoms with Gasteiger partial charge in [0.15, 0.2) is 17.4 Å². The minimum atomic E-state index is -0.605. The van der Waals surface area contributed by atoms with Crippen LogP contribution >= 0.6 is 0 Å². The second-order valence-electron chi connectivity index (χ2n) is 6.98. The summed E-state index contributed by atoms with van der Waals surface area (Å²) >= 11 is 0. The lowest BCUT2D eigenvalue weighted by Gasteiger charge is -2.16. The van der Waals surface area contributed by atoms with Crippen LogP contribution in [0.4, 0.5) is 10.2 Å². The van der Waals surface area contributed by atoms with Crippen molar-refractivity contribution in [3.05, 3.63) is 54.1 Å². The Kier molecular flexibility index (Phi) is 6.42. The van der Waals surface area contributed by atoms with E-state index in [2.05, 4.69) is 15.3 Å². The molecule has 3 aromatic rings. The molecule has 1 aromatic carbocycles. The van der Waals surface area contributed by atoms with Crippen molar-refractivity contribution in [2.24, 2.45) is 0 Å². The highest BCUT2D eigenvalue weighted by atomic mass is 19.1. The molecule has 0 saturated heterocycles. The summed E-state index contributed by atoms with van der Waals surface area (Å²) in [4.78, 5) is 21.9. The first-order valence-electron chi connectivity index (χ1n) is 10.0. The van der Waals surface area contributed by atoms with Gasteiger partial charge >= 0.3 is 0 Å². The van der Waals surface area contributed by atoms with Crippen LogP contribution in [0.5, 0.6) is 11.5 Å². The number of aromatic nitrogens is 3. The van der Waals surface area contributed by atoms with Crippen LogP contribution < -0.4 is 14.8 Å². The molecule has 4 rings (SSSR count). The van der Waals surface area contributed by atoms with Gasteiger partial charge in [0.1, 0.15) is 23.9 Å². The van der Waals surface area contributed by atoms with Gasteiger partial charge in [-0.2, -0.15) is 0 Å². The van der Waals surface area contributed by atoms with E-state index in [1.807, 2.05) is 16.8 Å². The number of methoxy groups -OCH3 is 1. The van der Waals surface area contributed by atoms with Crippen LogP contribution in [0.3, 0.4) is 0 Å². The van der Waals surface area contributed by atoms with E-state index in [1.165, 1.54) is 19.2 Å². The summed E-state index contributed by atoms with van der Waals surface area (Å²) in [5.41, 5.74) is 0.818. The van der Waals surface area contributed by atoms with Crippen LogP contribution in [0.2, 0.25) is 0 Å². The fraction of sp³-hybridized carbons (Fsp3) is 0.318. The van der Waals surface area contributed by atoms with Gasteiger partial charge in [0, 0.05) is 32.1 Å². The normalized spacial score (nSPS) is 13.9. The van der Waals surface area contributed by atoms with Gasteiger partial charge in [-0.15, -0.1) is 0 Å². The monoisotopic (exact) mass is 426 g/mol. The molecule has 1 aliphatic rings. The van der Waals surface area contributed by atoms with Gasteiger partial charge in [0.25, 0.3) is 5.91 Å². The Bertz CT molecular complexity index is 1070. The highest BCUT2D eigenvalue weighted by Gasteiger charge is 2.20. The zero-order valence-corrected chi connectivity index (χ0v) is 17.1. The molecule has 0 spiro atoms. The zero-order chi connectivity index (χ0) is 21.6. The second-order valence-corrected chi connectivity index (χ2v) is 6.98. The van der Waals surface area contributed by atoms with E-state index in [1.54, 1.807) is 18.3 Å². The van der Waals surface area contributed by atoms with Gasteiger partial charge < -0.3 is 24.1 Å². The predicted molar refractivity (Wildman–Crippen MR) is 112 cm³/mol. The molecule has 0 unspecified atom stereocenters. The SMILES string of the molecule is COCCOc1cc2c(cc1F)OCCCCn1ccnc1-c1cccc(n1)NC2=O. The summed E-state index contributed by atoms with van der Waals surface area (Å²) in [6.45, 7) is 1.54. The summed E-state index contributed by atoms with van der Waals surface area (Å²) in [5, 5.41) is 2.76. The molecule has 2 aromatic heterocycles. The summed E-state index contributed by atoms with van der Waals surface area (Å²) in [5.74, 6) is 0.116. The van der Waals surface area contributed by atoms with Crippen LogP contribution in [-0.4, -0.2) is 47.4 Å². The highest BCUT2D eigenvalue weighted by molar-refractivity contribution is 6.06. The molecule has 1 aliphatic heterocycles. The van der Waals surface area contributed by atoms with Crippen molar-refractivity contribution in [1.82, 2.24) is 14.5 Å². The number of hydrogen-bond donors (Lipinski definition) is 1. The number of anilines is 1. The molecule has 2 bridgehead atoms. The number of aryl methyl sites for hydroxylation is 1. The van der Waals surface area contributed by atoms with Crippen LogP contribution in [-0.2, 0) is 11.3 Å². The maximum absolute atomic E-state index is 14.5. The van der Waals surface area contributed by atoms with E-state index in [0.717, 1.165) is 25.2 Å². The van der Waals surface area contributed by atoms with Crippen molar-refractivity contribution in [3.63, 3.8) is 0 Å². The van der Waals surface area contributed by atoms with Crippen molar-refractivity contribution in [1.29, 1.82) is 0 Å². The molecular weight excluding hydrogens is 403 g/mol. The molecule has 3 heterocycles. The number of amides is 1. The number of halogens is 1. The number of carbonyl (C=O) groups is 1. The fourth-order valence-electron chi connectivity index (χ4n) is 3.28. The Morgan fingerprint density at radius 3 is 3.03 bits per heavy atom. The first-order valence-corrected chi connectivity index (χ1v) is 10.0. The van der Waals surface area contributed by atoms with Crippen molar-refractivity contribution >= 4 is 11.7 Å². The van der Waals surface area contributed by atoms with Gasteiger partial charge in [-0.1, -0.05) is 6.07 Å². The van der Waals surface area contributed by atoms with Gasteiger partial charge in [-0.05, 0) is 31.0 Å². The van der Waals surface area contributed by atoms with Crippen molar-refractivity contribution in [2.45, 2.75) is 19.4 Å². The number of pyridine rings is 1. The molecule has 1 amide bonds. The number of ether oxygens (including phenoxy) is 3. The van der Waals surface area contributed by atoms with Crippen molar-refractivity contribution in [2.75, 3.05) is 32.2 Å². The molecule has 162 valence electrons. The van der Waals surface area contributed by atoms with Gasteiger partial charge in [0.2, 0.25) is 0 Å². The third-order valence-corrected chi connectivity index (χ3v) is 4.81. The number of nitrogens with one attached hydrogen (secondary N) is 1. The Morgan fingerprint density at radius 1 is 1.26 bits per heavy atom. The average Bonchev–Trinajstić information content (AvgIpc) is 3.23. The maximum Gasteiger partial charge on any atom is 0.260 e. The van der Waals surface area contributed by atoms with E-state index in [9.17, 15) is 9.18 Å². The molecule has 0 radical (unpaired) electrons. The second kappa shape index (κ2) is 9.57. The molecule has 8 nitrogen and oxygen atoms in total. The molecule has 9 heteroatoms. The number of nitrogens with zero attached hydrogens (tertiary/aromatic N) is 3. The van der Waals surface area contributed by atoms with Crippen LogP contribution in [0.1, 0.15) is 23.2 Å². The fourth-order valence-corrected chi connectivity index (χ4v) is 3.28. The minimum Gasteiger partial charge on any atom is -0.493 e. The van der Waals surface area contributed by atoms with E-state index in [0.29, 0.717) is 24.7 Å². The Hall–Kier alpha value is -3.46. The third-order valence-electron chi connectivity index (χ3n) is 4.81. The molecule has 0 fully saturated rings. The Balaban J connectivity index is 1.68. The highest BCUT2D eigenvalue weighted by Crippen LogP contribution is 2.29. The smallest absolute Gasteiger partial charge is 0.260 e. The van der Waals surface area contributed by atoms with Crippen LogP contribution in [0.25, 0.3) is 11.5 Å². The van der Waals surface area contributed by atoms with Crippen molar-refractivity contribution < 1.29 is 23.4 Å². The number of benzene rings is 1. The maximum atomic E-state index is 14.5. The quantitative estimate of drug-likeness (QED) is 0.642. The van der Waals surface area contributed by atoms with Crippen LogP contribution in [0.15, 0.2) is 42.7 Å². The largest absolute Gasteiger partial charge is 0.493 e. The summed E-state index contributed by atoms with van der Waals surface area (Å²) < 4.78 is 32.6. The molecule has 0 saturated carbocycles. The zero-order valence-electron chi connectivity index (χ0n) is 17.1. The summed E-state index contributed by atoms with van der Waals surface area (Å²) in [6.07, 6.45) is 5.16. The number of fused-ring (bicyclic) bond motifs is 5. The molecule has 31 heavy (non-hydrogen) atoms. The Morgan fingerprint density at radius 2 is 2.16 bits per heavy atom. The number of imidazole rings is 1. The lowest BCUT2D eigenvalue weighted by molar-refractivity contribution is 0.102. The number of rotatable bonds is 4. The lowest BCUT2D eigenvalue weighted by atomic mass is 10.1. The first kappa shape index (κ1) is 20.8. The predicted octanol–water partition coefficient (Wildman–Crippen LogP) is 3.53. The average molecular weight is 426 g/mol. The van der Waals surface area contributed by atoms with Gasteiger partial charge in [-0.3, -0.25) is 4.79 Å². The lowest BCUT2D eigenvalue weighted by Crippen LogP contribution is -2.17. The molecule has 0 atom stereocenters. The van der Waals surface area contributed by atoms with E-state index < -0.39 is 11.7 Å². The van der Waals surface area contributed by atoms with Gasteiger partial charge in [-0.25, -0.2) is 14.4 Å². The van der Waals surface area contributed by atoms with E-state index in [-0.39, 0.29) is 23.7 Å². The molecular formula is C22H23FN4O4. The van der Waals surface area contributed by atoms with Crippen LogP contribution in [0, 0.1) is 5.82 Å².